The summed E-state index contributed by atoms with van der Waals surface area (Å²) in [7, 11) is 2.01. The average molecular weight is 349 g/mol. The van der Waals surface area contributed by atoms with Gasteiger partial charge in [0.2, 0.25) is 4.96 Å². The Morgan fingerprint density at radius 3 is 2.74 bits per heavy atom. The van der Waals surface area contributed by atoms with Crippen LogP contribution in [0.2, 0.25) is 5.02 Å². The predicted molar refractivity (Wildman–Crippen MR) is 93.2 cm³/mol. The minimum absolute atomic E-state index is 0.137. The summed E-state index contributed by atoms with van der Waals surface area (Å²) in [5.74, 6) is 0. The average Bonchev–Trinajstić information content (AvgIpc) is 2.88. The molecule has 7 heteroatoms. The van der Waals surface area contributed by atoms with Crippen molar-refractivity contribution in [3.63, 3.8) is 0 Å². The van der Waals surface area contributed by atoms with Crippen LogP contribution in [0.3, 0.4) is 0 Å². The number of halogens is 1. The van der Waals surface area contributed by atoms with Crippen molar-refractivity contribution in [2.45, 2.75) is 26.4 Å². The maximum Gasteiger partial charge on any atom is 0.275 e. The molecule has 0 aliphatic rings. The van der Waals surface area contributed by atoms with E-state index in [1.54, 1.807) is 6.07 Å². The summed E-state index contributed by atoms with van der Waals surface area (Å²) < 4.78 is 1.35. The van der Waals surface area contributed by atoms with Crippen LogP contribution in [-0.2, 0) is 6.54 Å². The molecule has 0 saturated carbocycles. The standard InChI is InChI=1S/C16H17ClN4OS/c1-10(12-4-6-13(17)7-5-12)20(3)9-14-8-15(22)21-16(18-14)23-11(2)19-21/h4-8,10H,9H2,1-3H3/t10-/m0/s1. The molecule has 0 radical (unpaired) electrons. The summed E-state index contributed by atoms with van der Waals surface area (Å²) in [5, 5.41) is 5.71. The molecule has 0 unspecified atom stereocenters. The van der Waals surface area contributed by atoms with Gasteiger partial charge in [0.05, 0.1) is 5.69 Å². The van der Waals surface area contributed by atoms with Gasteiger partial charge in [-0.1, -0.05) is 35.1 Å². The maximum absolute atomic E-state index is 12.1. The Morgan fingerprint density at radius 1 is 1.35 bits per heavy atom. The first kappa shape index (κ1) is 16.1. The predicted octanol–water partition coefficient (Wildman–Crippen LogP) is 3.31. The lowest BCUT2D eigenvalue weighted by Gasteiger charge is -2.24. The van der Waals surface area contributed by atoms with Crippen LogP contribution in [-0.4, -0.2) is 26.5 Å². The fourth-order valence-electron chi connectivity index (χ4n) is 2.42. The van der Waals surface area contributed by atoms with Gasteiger partial charge in [0.25, 0.3) is 5.56 Å². The van der Waals surface area contributed by atoms with Gasteiger partial charge in [-0.05, 0) is 38.6 Å². The molecule has 5 nitrogen and oxygen atoms in total. The van der Waals surface area contributed by atoms with Gasteiger partial charge < -0.3 is 0 Å². The van der Waals surface area contributed by atoms with Crippen molar-refractivity contribution in [3.8, 4) is 0 Å². The molecular weight excluding hydrogens is 332 g/mol. The molecule has 0 fully saturated rings. The monoisotopic (exact) mass is 348 g/mol. The smallest absolute Gasteiger partial charge is 0.275 e. The second-order valence-corrected chi connectivity index (χ2v) is 7.14. The van der Waals surface area contributed by atoms with Crippen LogP contribution in [0.1, 0.15) is 29.2 Å². The van der Waals surface area contributed by atoms with Gasteiger partial charge in [-0.25, -0.2) is 4.98 Å². The van der Waals surface area contributed by atoms with Crippen molar-refractivity contribution >= 4 is 27.9 Å². The lowest BCUT2D eigenvalue weighted by atomic mass is 10.1. The molecule has 0 aliphatic heterocycles. The summed E-state index contributed by atoms with van der Waals surface area (Å²) in [4.78, 5) is 19.4. The van der Waals surface area contributed by atoms with Crippen LogP contribution >= 0.6 is 22.9 Å². The zero-order valence-electron chi connectivity index (χ0n) is 13.2. The van der Waals surface area contributed by atoms with Crippen molar-refractivity contribution in [1.29, 1.82) is 0 Å². The van der Waals surface area contributed by atoms with Crippen molar-refractivity contribution in [1.82, 2.24) is 19.5 Å². The molecular formula is C16H17ClN4OS. The van der Waals surface area contributed by atoms with Crippen LogP contribution in [0.5, 0.6) is 0 Å². The van der Waals surface area contributed by atoms with E-state index in [9.17, 15) is 4.79 Å². The SMILES string of the molecule is Cc1nn2c(=O)cc(CN(C)[C@@H](C)c3ccc(Cl)cc3)nc2s1. The lowest BCUT2D eigenvalue weighted by molar-refractivity contribution is 0.250. The van der Waals surface area contributed by atoms with Gasteiger partial charge >= 0.3 is 0 Å². The zero-order valence-corrected chi connectivity index (χ0v) is 14.7. The summed E-state index contributed by atoms with van der Waals surface area (Å²) in [6.07, 6.45) is 0. The normalized spacial score (nSPS) is 12.9. The Balaban J connectivity index is 1.83. The molecule has 1 aromatic carbocycles. The van der Waals surface area contributed by atoms with Crippen LogP contribution in [0.25, 0.3) is 4.96 Å². The number of hydrogen-bond donors (Lipinski definition) is 0. The van der Waals surface area contributed by atoms with Crippen molar-refractivity contribution in [2.75, 3.05) is 7.05 Å². The van der Waals surface area contributed by atoms with Crippen LogP contribution in [0.4, 0.5) is 0 Å². The van der Waals surface area contributed by atoms with Gasteiger partial charge in [-0.3, -0.25) is 9.69 Å². The Morgan fingerprint density at radius 2 is 2.04 bits per heavy atom. The van der Waals surface area contributed by atoms with E-state index in [0.717, 1.165) is 15.7 Å². The molecule has 2 heterocycles. The largest absolute Gasteiger partial charge is 0.294 e. The van der Waals surface area contributed by atoms with Crippen LogP contribution in [0.15, 0.2) is 35.1 Å². The number of rotatable bonds is 4. The Hall–Kier alpha value is -1.76. The van der Waals surface area contributed by atoms with Gasteiger partial charge in [-0.15, -0.1) is 0 Å². The molecule has 1 atom stereocenters. The molecule has 2 aromatic heterocycles. The third kappa shape index (κ3) is 3.44. The quantitative estimate of drug-likeness (QED) is 0.725. The molecule has 120 valence electrons. The molecule has 0 saturated heterocycles. The molecule has 0 bridgehead atoms. The summed E-state index contributed by atoms with van der Waals surface area (Å²) in [6.45, 7) is 4.57. The summed E-state index contributed by atoms with van der Waals surface area (Å²) in [5.41, 5.74) is 1.78. The second-order valence-electron chi connectivity index (χ2n) is 5.54. The van der Waals surface area contributed by atoms with E-state index in [1.165, 1.54) is 21.4 Å². The number of aromatic nitrogens is 3. The number of nitrogens with zero attached hydrogens (tertiary/aromatic N) is 4. The minimum atomic E-state index is -0.137. The number of aryl methyl sites for hydroxylation is 1. The molecule has 0 amide bonds. The van der Waals surface area contributed by atoms with E-state index in [2.05, 4.69) is 21.9 Å². The molecule has 0 aliphatic carbocycles. The Bertz CT molecular complexity index is 887. The molecule has 3 aromatic rings. The van der Waals surface area contributed by atoms with E-state index in [4.69, 9.17) is 11.6 Å². The Labute approximate surface area is 143 Å². The van der Waals surface area contributed by atoms with E-state index in [1.807, 2.05) is 38.2 Å². The minimum Gasteiger partial charge on any atom is -0.294 e. The Kier molecular flexibility index (Phi) is 4.48. The fraction of sp³-hybridized carbons (Fsp3) is 0.312. The van der Waals surface area contributed by atoms with Crippen LogP contribution < -0.4 is 5.56 Å². The van der Waals surface area contributed by atoms with Gasteiger partial charge in [0, 0.05) is 23.7 Å². The molecule has 0 spiro atoms. The second kappa shape index (κ2) is 6.39. The van der Waals surface area contributed by atoms with Crippen molar-refractivity contribution in [3.05, 3.63) is 62.0 Å². The molecule has 3 rings (SSSR count). The number of fused-ring (bicyclic) bond motifs is 1. The number of hydrogen-bond acceptors (Lipinski definition) is 5. The number of benzene rings is 1. The van der Waals surface area contributed by atoms with E-state index in [0.29, 0.717) is 11.5 Å². The first-order valence-corrected chi connectivity index (χ1v) is 8.45. The van der Waals surface area contributed by atoms with Gasteiger partial charge in [0.15, 0.2) is 0 Å². The van der Waals surface area contributed by atoms with E-state index in [-0.39, 0.29) is 11.6 Å². The van der Waals surface area contributed by atoms with Crippen LogP contribution in [0, 0.1) is 6.92 Å². The molecule has 23 heavy (non-hydrogen) atoms. The third-order valence-electron chi connectivity index (χ3n) is 3.82. The highest BCUT2D eigenvalue weighted by molar-refractivity contribution is 7.16. The topological polar surface area (TPSA) is 50.5 Å². The fourth-order valence-corrected chi connectivity index (χ4v) is 3.31. The highest BCUT2D eigenvalue weighted by Crippen LogP contribution is 2.22. The van der Waals surface area contributed by atoms with Gasteiger partial charge in [0.1, 0.15) is 5.01 Å². The van der Waals surface area contributed by atoms with Crippen molar-refractivity contribution < 1.29 is 0 Å². The van der Waals surface area contributed by atoms with Crippen molar-refractivity contribution in [2.24, 2.45) is 0 Å². The molecule has 0 N–H and O–H groups in total. The van der Waals surface area contributed by atoms with Gasteiger partial charge in [-0.2, -0.15) is 9.61 Å². The maximum atomic E-state index is 12.1. The van der Waals surface area contributed by atoms with E-state index < -0.39 is 0 Å². The first-order chi connectivity index (χ1) is 10.9. The highest BCUT2D eigenvalue weighted by Gasteiger charge is 2.14. The highest BCUT2D eigenvalue weighted by atomic mass is 35.5. The lowest BCUT2D eigenvalue weighted by Crippen LogP contribution is -2.24. The van der Waals surface area contributed by atoms with E-state index >= 15 is 0 Å². The summed E-state index contributed by atoms with van der Waals surface area (Å²) >= 11 is 7.36. The summed E-state index contributed by atoms with van der Waals surface area (Å²) in [6, 6.07) is 9.55. The third-order valence-corrected chi connectivity index (χ3v) is 4.90. The first-order valence-electron chi connectivity index (χ1n) is 7.26. The zero-order chi connectivity index (χ0) is 16.6.